The van der Waals surface area contributed by atoms with Crippen LogP contribution in [0.5, 0.6) is 0 Å². The first-order valence-electron chi connectivity index (χ1n) is 8.00. The molecule has 154 valence electrons. The SMILES string of the molecule is Fc1cc(F)c(CNc2ccc(-c3cn(C(F)F)nc3C(F)F)c(F)c2)c(F)c1. The second-order valence-electron chi connectivity index (χ2n) is 5.88. The number of alkyl halides is 4. The number of benzene rings is 2. The highest BCUT2D eigenvalue weighted by molar-refractivity contribution is 5.68. The first kappa shape index (κ1) is 20.6. The van der Waals surface area contributed by atoms with Gasteiger partial charge in [0, 0.05) is 47.3 Å². The quantitative estimate of drug-likeness (QED) is 0.491. The van der Waals surface area contributed by atoms with Gasteiger partial charge < -0.3 is 5.32 Å². The van der Waals surface area contributed by atoms with Crippen molar-refractivity contribution in [3.63, 3.8) is 0 Å². The van der Waals surface area contributed by atoms with Crippen LogP contribution in [-0.4, -0.2) is 9.78 Å². The van der Waals surface area contributed by atoms with Crippen molar-refractivity contribution in [3.05, 3.63) is 71.1 Å². The maximum atomic E-state index is 14.4. The molecule has 0 radical (unpaired) electrons. The first-order valence-corrected chi connectivity index (χ1v) is 8.00. The Hall–Kier alpha value is -3.11. The Balaban J connectivity index is 1.87. The molecule has 0 aliphatic heterocycles. The molecule has 1 aromatic heterocycles. The maximum absolute atomic E-state index is 14.4. The molecule has 0 saturated heterocycles. The Morgan fingerprint density at radius 2 is 1.52 bits per heavy atom. The van der Waals surface area contributed by atoms with Crippen LogP contribution in [0.2, 0.25) is 0 Å². The molecule has 0 aliphatic rings. The lowest BCUT2D eigenvalue weighted by molar-refractivity contribution is 0.0537. The van der Waals surface area contributed by atoms with E-state index in [4.69, 9.17) is 0 Å². The molecule has 2 aromatic carbocycles. The minimum Gasteiger partial charge on any atom is -0.381 e. The largest absolute Gasteiger partial charge is 0.381 e. The second-order valence-corrected chi connectivity index (χ2v) is 5.88. The fraction of sp³-hybridized carbons (Fsp3) is 0.167. The zero-order valence-corrected chi connectivity index (χ0v) is 14.2. The van der Waals surface area contributed by atoms with E-state index in [0.29, 0.717) is 18.3 Å². The van der Waals surface area contributed by atoms with Crippen molar-refractivity contribution in [1.82, 2.24) is 9.78 Å². The summed E-state index contributed by atoms with van der Waals surface area (Å²) in [4.78, 5) is 0. The summed E-state index contributed by atoms with van der Waals surface area (Å²) in [6.45, 7) is -3.65. The van der Waals surface area contributed by atoms with Gasteiger partial charge in [-0.15, -0.1) is 0 Å². The van der Waals surface area contributed by atoms with Crippen LogP contribution in [0.4, 0.5) is 40.8 Å². The zero-order valence-electron chi connectivity index (χ0n) is 14.2. The molecule has 0 aliphatic carbocycles. The molecule has 1 heterocycles. The number of nitrogens with zero attached hydrogens (tertiary/aromatic N) is 2. The van der Waals surface area contributed by atoms with E-state index < -0.39 is 65.2 Å². The van der Waals surface area contributed by atoms with Crippen LogP contribution in [0, 0.1) is 23.3 Å². The van der Waals surface area contributed by atoms with Gasteiger partial charge in [0.05, 0.1) is 0 Å². The molecule has 0 spiro atoms. The van der Waals surface area contributed by atoms with Crippen LogP contribution < -0.4 is 5.32 Å². The van der Waals surface area contributed by atoms with E-state index in [1.54, 1.807) is 0 Å². The highest BCUT2D eigenvalue weighted by atomic mass is 19.3. The minimum absolute atomic E-state index is 0.0114. The first-order chi connectivity index (χ1) is 13.7. The number of nitrogens with one attached hydrogen (secondary N) is 1. The highest BCUT2D eigenvalue weighted by Crippen LogP contribution is 2.34. The van der Waals surface area contributed by atoms with Gasteiger partial charge in [0.25, 0.3) is 6.43 Å². The molecule has 1 N–H and O–H groups in total. The maximum Gasteiger partial charge on any atom is 0.333 e. The van der Waals surface area contributed by atoms with E-state index in [1.165, 1.54) is 6.07 Å². The third kappa shape index (κ3) is 4.33. The van der Waals surface area contributed by atoms with Crippen LogP contribution in [-0.2, 0) is 6.54 Å². The molecule has 3 aromatic rings. The number of hydrogen-bond acceptors (Lipinski definition) is 2. The van der Waals surface area contributed by atoms with Crippen LogP contribution in [0.1, 0.15) is 24.2 Å². The minimum atomic E-state index is -3.22. The Labute approximate surface area is 158 Å². The van der Waals surface area contributed by atoms with Crippen LogP contribution >= 0.6 is 0 Å². The third-order valence-corrected chi connectivity index (χ3v) is 4.00. The monoisotopic (exact) mass is 421 g/mol. The predicted molar refractivity (Wildman–Crippen MR) is 87.5 cm³/mol. The van der Waals surface area contributed by atoms with Gasteiger partial charge in [-0.25, -0.2) is 31.0 Å². The predicted octanol–water partition coefficient (Wildman–Crippen LogP) is 6.05. The summed E-state index contributed by atoms with van der Waals surface area (Å²) >= 11 is 0. The summed E-state index contributed by atoms with van der Waals surface area (Å²) in [7, 11) is 0. The van der Waals surface area contributed by atoms with E-state index in [9.17, 15) is 35.1 Å². The molecule has 29 heavy (non-hydrogen) atoms. The van der Waals surface area contributed by atoms with E-state index >= 15 is 0 Å². The van der Waals surface area contributed by atoms with Crippen molar-refractivity contribution in [2.45, 2.75) is 19.5 Å². The van der Waals surface area contributed by atoms with E-state index in [-0.39, 0.29) is 10.4 Å². The van der Waals surface area contributed by atoms with E-state index in [0.717, 1.165) is 12.1 Å². The van der Waals surface area contributed by atoms with Crippen LogP contribution in [0.15, 0.2) is 36.5 Å². The average Bonchev–Trinajstić information content (AvgIpc) is 3.06. The smallest absolute Gasteiger partial charge is 0.333 e. The number of aromatic nitrogens is 2. The molecule has 0 atom stereocenters. The lowest BCUT2D eigenvalue weighted by atomic mass is 10.1. The van der Waals surface area contributed by atoms with Crippen molar-refractivity contribution in [2.75, 3.05) is 5.32 Å². The Kier molecular flexibility index (Phi) is 5.76. The molecule has 0 bridgehead atoms. The van der Waals surface area contributed by atoms with Crippen molar-refractivity contribution in [3.8, 4) is 11.1 Å². The van der Waals surface area contributed by atoms with Crippen molar-refractivity contribution < 1.29 is 35.1 Å². The fourth-order valence-corrected chi connectivity index (χ4v) is 2.65. The van der Waals surface area contributed by atoms with Gasteiger partial charge in [-0.05, 0) is 18.2 Å². The Morgan fingerprint density at radius 1 is 0.862 bits per heavy atom. The zero-order chi connectivity index (χ0) is 21.3. The molecule has 3 rings (SSSR count). The van der Waals surface area contributed by atoms with Gasteiger partial charge in [0.2, 0.25) is 0 Å². The third-order valence-electron chi connectivity index (χ3n) is 4.00. The normalized spacial score (nSPS) is 11.5. The summed E-state index contributed by atoms with van der Waals surface area (Å²) in [5, 5.41) is 5.58. The molecule has 0 amide bonds. The summed E-state index contributed by atoms with van der Waals surface area (Å²) in [6, 6.07) is 4.04. The molecule has 3 nitrogen and oxygen atoms in total. The number of hydrogen-bond donors (Lipinski definition) is 1. The molecular weight excluding hydrogens is 410 g/mol. The van der Waals surface area contributed by atoms with Gasteiger partial charge in [0.1, 0.15) is 29.0 Å². The lowest BCUT2D eigenvalue weighted by Gasteiger charge is -2.10. The molecule has 0 saturated carbocycles. The topological polar surface area (TPSA) is 29.9 Å². The highest BCUT2D eigenvalue weighted by Gasteiger charge is 2.24. The Morgan fingerprint density at radius 3 is 2.07 bits per heavy atom. The van der Waals surface area contributed by atoms with Gasteiger partial charge in [-0.3, -0.25) is 0 Å². The average molecular weight is 421 g/mol. The number of anilines is 1. The number of halogens is 8. The second kappa shape index (κ2) is 8.10. The lowest BCUT2D eigenvalue weighted by Crippen LogP contribution is -2.05. The van der Waals surface area contributed by atoms with Crippen LogP contribution in [0.3, 0.4) is 0 Å². The molecule has 0 unspecified atom stereocenters. The van der Waals surface area contributed by atoms with Crippen LogP contribution in [0.25, 0.3) is 11.1 Å². The summed E-state index contributed by atoms with van der Waals surface area (Å²) in [5.74, 6) is -4.44. The fourth-order valence-electron chi connectivity index (χ4n) is 2.65. The van der Waals surface area contributed by atoms with Gasteiger partial charge in [-0.2, -0.15) is 13.9 Å². The standard InChI is InChI=1S/C18H11F8N3/c19-8-3-13(20)11(14(21)4-8)6-27-9-1-2-10(15(22)5-9)12-7-29(18(25)26)28-16(12)17(23)24/h1-5,7,17-18,27H,6H2. The number of rotatable bonds is 6. The van der Waals surface area contributed by atoms with Crippen molar-refractivity contribution >= 4 is 5.69 Å². The van der Waals surface area contributed by atoms with Crippen molar-refractivity contribution in [2.24, 2.45) is 0 Å². The van der Waals surface area contributed by atoms with E-state index in [1.807, 2.05) is 0 Å². The molecule has 0 fully saturated rings. The Bertz CT molecular complexity index is 1010. The molecular formula is C18H11F8N3. The molecule has 11 heteroatoms. The summed E-state index contributed by atoms with van der Waals surface area (Å²) in [5.41, 5.74) is -2.40. The van der Waals surface area contributed by atoms with Gasteiger partial charge in [-0.1, -0.05) is 0 Å². The van der Waals surface area contributed by atoms with Gasteiger partial charge in [0.15, 0.2) is 0 Å². The van der Waals surface area contributed by atoms with E-state index in [2.05, 4.69) is 10.4 Å². The summed E-state index contributed by atoms with van der Waals surface area (Å²) in [6.07, 6.45) is -2.62. The summed E-state index contributed by atoms with van der Waals surface area (Å²) < 4.78 is 106. The van der Waals surface area contributed by atoms with Gasteiger partial charge >= 0.3 is 6.55 Å². The van der Waals surface area contributed by atoms with Crippen molar-refractivity contribution in [1.29, 1.82) is 0 Å².